The van der Waals surface area contributed by atoms with Crippen LogP contribution in [0.15, 0.2) is 66.9 Å². The smallest absolute Gasteiger partial charge is 0.307 e. The second-order valence-corrected chi connectivity index (χ2v) is 11.7. The molecule has 5 rings (SSSR count). The van der Waals surface area contributed by atoms with Gasteiger partial charge in [-0.05, 0) is 66.6 Å². The Hall–Kier alpha value is -4.53. The number of hydrogen-bond acceptors (Lipinski definition) is 6. The van der Waals surface area contributed by atoms with Crippen molar-refractivity contribution >= 4 is 23.3 Å². The maximum Gasteiger partial charge on any atom is 0.307 e. The molecule has 1 aliphatic heterocycles. The van der Waals surface area contributed by atoms with Crippen LogP contribution in [0.4, 0.5) is 26.1 Å². The van der Waals surface area contributed by atoms with Crippen LogP contribution in [0.25, 0.3) is 11.1 Å². The lowest BCUT2D eigenvalue weighted by Gasteiger charge is -2.40. The molecule has 9 heteroatoms. The van der Waals surface area contributed by atoms with Gasteiger partial charge in [-0.25, -0.2) is 18.7 Å². The Morgan fingerprint density at radius 1 is 1.02 bits per heavy atom. The predicted octanol–water partition coefficient (Wildman–Crippen LogP) is 7.35. The standard InChI is InChI=1S/C34H36F2N4O3/c1-22-28(21-30(41)42)32(40-17-14-34(2,3)15-18-40)31(33(38-22)39-29-20-26(36)12-16-37-29)24-6-10-27(11-7-24)43-19-13-23-4-8-25(35)9-5-23/h4-12,16,20H,13-15,17-19,21H2,1-3H3,(H,41,42)(H,37,38,39). The highest BCUT2D eigenvalue weighted by Crippen LogP contribution is 2.44. The topological polar surface area (TPSA) is 87.6 Å². The van der Waals surface area contributed by atoms with Gasteiger partial charge >= 0.3 is 5.97 Å². The van der Waals surface area contributed by atoms with Gasteiger partial charge < -0.3 is 20.1 Å². The van der Waals surface area contributed by atoms with Crippen LogP contribution in [0.1, 0.15) is 43.5 Å². The summed E-state index contributed by atoms with van der Waals surface area (Å²) in [7, 11) is 0. The molecule has 0 unspecified atom stereocenters. The molecule has 1 fully saturated rings. The monoisotopic (exact) mass is 586 g/mol. The average molecular weight is 587 g/mol. The number of nitrogens with one attached hydrogen (secondary N) is 1. The molecule has 4 aromatic rings. The molecule has 1 saturated heterocycles. The minimum Gasteiger partial charge on any atom is -0.493 e. The summed E-state index contributed by atoms with van der Waals surface area (Å²) in [4.78, 5) is 23.4. The summed E-state index contributed by atoms with van der Waals surface area (Å²) in [6, 6.07) is 16.5. The maximum atomic E-state index is 14.1. The van der Waals surface area contributed by atoms with Crippen LogP contribution in [-0.4, -0.2) is 40.7 Å². The largest absolute Gasteiger partial charge is 0.493 e. The van der Waals surface area contributed by atoms with Crippen molar-refractivity contribution < 1.29 is 23.4 Å². The second kappa shape index (κ2) is 12.8. The number of halogens is 2. The van der Waals surface area contributed by atoms with Crippen molar-refractivity contribution in [3.05, 3.63) is 95.3 Å². The van der Waals surface area contributed by atoms with Crippen molar-refractivity contribution in [2.75, 3.05) is 29.9 Å². The van der Waals surface area contributed by atoms with Crippen LogP contribution in [0.2, 0.25) is 0 Å². The second-order valence-electron chi connectivity index (χ2n) is 11.7. The first-order valence-electron chi connectivity index (χ1n) is 14.4. The van der Waals surface area contributed by atoms with E-state index in [1.54, 1.807) is 12.1 Å². The van der Waals surface area contributed by atoms with Gasteiger partial charge in [0, 0.05) is 48.6 Å². The number of aryl methyl sites for hydroxylation is 1. The van der Waals surface area contributed by atoms with Crippen molar-refractivity contribution in [1.82, 2.24) is 9.97 Å². The number of aliphatic carboxylic acids is 1. The van der Waals surface area contributed by atoms with Gasteiger partial charge in [-0.15, -0.1) is 0 Å². The first kappa shape index (κ1) is 29.9. The highest BCUT2D eigenvalue weighted by molar-refractivity contribution is 5.92. The zero-order chi connectivity index (χ0) is 30.6. The summed E-state index contributed by atoms with van der Waals surface area (Å²) in [5.74, 6) is -0.211. The zero-order valence-electron chi connectivity index (χ0n) is 24.7. The number of carboxylic acids is 1. The van der Waals surface area contributed by atoms with Crippen LogP contribution in [-0.2, 0) is 17.6 Å². The van der Waals surface area contributed by atoms with E-state index in [4.69, 9.17) is 9.72 Å². The third-order valence-electron chi connectivity index (χ3n) is 7.92. The van der Waals surface area contributed by atoms with Gasteiger partial charge in [-0.2, -0.15) is 0 Å². The van der Waals surface area contributed by atoms with E-state index in [9.17, 15) is 18.7 Å². The molecule has 43 heavy (non-hydrogen) atoms. The Morgan fingerprint density at radius 2 is 1.72 bits per heavy atom. The molecule has 1 aliphatic rings. The molecule has 3 heterocycles. The van der Waals surface area contributed by atoms with E-state index in [0.717, 1.165) is 48.3 Å². The lowest BCUT2D eigenvalue weighted by molar-refractivity contribution is -0.136. The summed E-state index contributed by atoms with van der Waals surface area (Å²) in [6.07, 6.45) is 3.75. The fourth-order valence-electron chi connectivity index (χ4n) is 5.39. The van der Waals surface area contributed by atoms with Gasteiger partial charge in [0.2, 0.25) is 0 Å². The van der Waals surface area contributed by atoms with Gasteiger partial charge in [0.25, 0.3) is 0 Å². The molecule has 0 amide bonds. The number of hydrogen-bond donors (Lipinski definition) is 2. The SMILES string of the molecule is Cc1nc(Nc2cc(F)ccn2)c(-c2ccc(OCCc3ccc(F)cc3)cc2)c(N2CCC(C)(C)CC2)c1CC(=O)O. The lowest BCUT2D eigenvalue weighted by atomic mass is 9.82. The van der Waals surface area contributed by atoms with E-state index in [1.807, 2.05) is 31.2 Å². The molecular weight excluding hydrogens is 550 g/mol. The van der Waals surface area contributed by atoms with Crippen LogP contribution >= 0.6 is 0 Å². The highest BCUT2D eigenvalue weighted by atomic mass is 19.1. The van der Waals surface area contributed by atoms with Crippen molar-refractivity contribution in [1.29, 1.82) is 0 Å². The van der Waals surface area contributed by atoms with E-state index < -0.39 is 11.8 Å². The van der Waals surface area contributed by atoms with Crippen molar-refractivity contribution in [3.63, 3.8) is 0 Å². The van der Waals surface area contributed by atoms with Crippen molar-refractivity contribution in [2.24, 2.45) is 5.41 Å². The van der Waals surface area contributed by atoms with E-state index in [1.165, 1.54) is 30.5 Å². The lowest BCUT2D eigenvalue weighted by Crippen LogP contribution is -2.38. The molecular formula is C34H36F2N4O3. The van der Waals surface area contributed by atoms with Crippen LogP contribution < -0.4 is 15.0 Å². The van der Waals surface area contributed by atoms with Crippen molar-refractivity contribution in [3.8, 4) is 16.9 Å². The Morgan fingerprint density at radius 3 is 2.37 bits per heavy atom. The Kier molecular flexibility index (Phi) is 8.89. The molecule has 0 atom stereocenters. The van der Waals surface area contributed by atoms with Gasteiger partial charge in [0.05, 0.1) is 18.7 Å². The summed E-state index contributed by atoms with van der Waals surface area (Å²) in [5.41, 5.74) is 4.75. The Labute approximate surface area is 250 Å². The Bertz CT molecular complexity index is 1580. The fraction of sp³-hybridized carbons (Fsp3) is 0.324. The number of carboxylic acid groups (broad SMARTS) is 1. The summed E-state index contributed by atoms with van der Waals surface area (Å²) in [5, 5.41) is 13.1. The number of rotatable bonds is 10. The van der Waals surface area contributed by atoms with Gasteiger partial charge in [-0.1, -0.05) is 38.1 Å². The van der Waals surface area contributed by atoms with Crippen LogP contribution in [0, 0.1) is 24.0 Å². The molecule has 224 valence electrons. The molecule has 0 saturated carbocycles. The minimum atomic E-state index is -0.938. The van der Waals surface area contributed by atoms with E-state index in [0.29, 0.717) is 41.7 Å². The van der Waals surface area contributed by atoms with E-state index >= 15 is 0 Å². The van der Waals surface area contributed by atoms with Crippen LogP contribution in [0.5, 0.6) is 5.75 Å². The van der Waals surface area contributed by atoms with Crippen molar-refractivity contribution in [2.45, 2.75) is 46.5 Å². The number of aromatic nitrogens is 2. The number of anilines is 3. The molecule has 2 aromatic heterocycles. The molecule has 7 nitrogen and oxygen atoms in total. The minimum absolute atomic E-state index is 0.176. The number of nitrogens with zero attached hydrogens (tertiary/aromatic N) is 3. The number of pyridine rings is 2. The first-order chi connectivity index (χ1) is 20.6. The molecule has 0 bridgehead atoms. The molecule has 0 spiro atoms. The van der Waals surface area contributed by atoms with E-state index in [-0.39, 0.29) is 17.7 Å². The van der Waals surface area contributed by atoms with Gasteiger partial charge in [0.1, 0.15) is 29.0 Å². The molecule has 0 radical (unpaired) electrons. The average Bonchev–Trinajstić information content (AvgIpc) is 2.96. The van der Waals surface area contributed by atoms with Gasteiger partial charge in [0.15, 0.2) is 0 Å². The summed E-state index contributed by atoms with van der Waals surface area (Å²) >= 11 is 0. The molecule has 0 aliphatic carbocycles. The predicted molar refractivity (Wildman–Crippen MR) is 164 cm³/mol. The normalized spacial score (nSPS) is 14.4. The molecule has 2 N–H and O–H groups in total. The number of piperidine rings is 1. The Balaban J connectivity index is 1.53. The quantitative estimate of drug-likeness (QED) is 0.201. The third-order valence-corrected chi connectivity index (χ3v) is 7.92. The highest BCUT2D eigenvalue weighted by Gasteiger charge is 2.31. The number of benzene rings is 2. The fourth-order valence-corrected chi connectivity index (χ4v) is 5.39. The first-order valence-corrected chi connectivity index (χ1v) is 14.4. The third kappa shape index (κ3) is 7.46. The number of ether oxygens (including phenoxy) is 1. The summed E-state index contributed by atoms with van der Waals surface area (Å²) in [6.45, 7) is 8.25. The number of carbonyl (C=O) groups is 1. The summed E-state index contributed by atoms with van der Waals surface area (Å²) < 4.78 is 33.3. The van der Waals surface area contributed by atoms with Crippen LogP contribution in [0.3, 0.4) is 0 Å². The maximum absolute atomic E-state index is 14.1. The van der Waals surface area contributed by atoms with E-state index in [2.05, 4.69) is 29.0 Å². The van der Waals surface area contributed by atoms with Gasteiger partial charge in [-0.3, -0.25) is 4.79 Å². The molecule has 2 aromatic carbocycles. The zero-order valence-corrected chi connectivity index (χ0v) is 24.7.